The lowest BCUT2D eigenvalue weighted by molar-refractivity contribution is -0.584. The third-order valence-corrected chi connectivity index (χ3v) is 3.41. The number of hydrogen-bond acceptors (Lipinski definition) is 1. The van der Waals surface area contributed by atoms with Crippen LogP contribution in [0.3, 0.4) is 0 Å². The summed E-state index contributed by atoms with van der Waals surface area (Å²) in [7, 11) is 0. The van der Waals surface area contributed by atoms with E-state index in [0.29, 0.717) is 0 Å². The summed E-state index contributed by atoms with van der Waals surface area (Å²) in [6, 6.07) is 20.1. The van der Waals surface area contributed by atoms with Crippen molar-refractivity contribution in [2.45, 2.75) is 13.3 Å². The average molecular weight is 249 g/mol. The molecule has 1 aromatic heterocycles. The van der Waals surface area contributed by atoms with Crippen LogP contribution in [0.2, 0.25) is 0 Å². The zero-order valence-electron chi connectivity index (χ0n) is 10.8. The van der Waals surface area contributed by atoms with Crippen molar-refractivity contribution in [1.82, 2.24) is 0 Å². The lowest BCUT2D eigenvalue weighted by Gasteiger charge is -2.10. The highest BCUT2D eigenvalue weighted by atomic mass is 16.5. The minimum absolute atomic E-state index is 0.740. The van der Waals surface area contributed by atoms with E-state index in [-0.39, 0.29) is 0 Å². The molecule has 0 N–H and O–H groups in total. The van der Waals surface area contributed by atoms with Gasteiger partial charge in [0.1, 0.15) is 0 Å². The maximum absolute atomic E-state index is 12.0. The number of hydrogen-bond donors (Lipinski definition) is 0. The molecule has 3 rings (SSSR count). The fraction of sp³-hybridized carbons (Fsp3) is 0.118. The highest BCUT2D eigenvalue weighted by Gasteiger charge is 2.12. The van der Waals surface area contributed by atoms with Crippen LogP contribution in [0.15, 0.2) is 60.7 Å². The number of rotatable bonds is 2. The molecule has 0 bridgehead atoms. The molecule has 0 saturated carbocycles. The smallest absolute Gasteiger partial charge is 0.224 e. The Morgan fingerprint density at radius 1 is 0.947 bits per heavy atom. The molecule has 3 aromatic rings. The van der Waals surface area contributed by atoms with E-state index in [9.17, 15) is 5.21 Å². The monoisotopic (exact) mass is 249 g/mol. The summed E-state index contributed by atoms with van der Waals surface area (Å²) in [6.07, 6.45) is 0.850. The summed E-state index contributed by atoms with van der Waals surface area (Å²) >= 11 is 0. The van der Waals surface area contributed by atoms with Crippen LogP contribution in [-0.4, -0.2) is 0 Å². The summed E-state index contributed by atoms with van der Waals surface area (Å²) in [6.45, 7) is 1.86. The molecular formula is C17H15NO. The van der Waals surface area contributed by atoms with Gasteiger partial charge in [0.15, 0.2) is 5.69 Å². The van der Waals surface area contributed by atoms with Gasteiger partial charge >= 0.3 is 0 Å². The van der Waals surface area contributed by atoms with Gasteiger partial charge in [-0.2, -0.15) is 4.73 Å². The van der Waals surface area contributed by atoms with Crippen molar-refractivity contribution in [3.8, 4) is 0 Å². The average Bonchev–Trinajstić information content (AvgIpc) is 2.46. The third kappa shape index (κ3) is 2.17. The number of para-hydroxylation sites is 1. The predicted octanol–water partition coefficient (Wildman–Crippen LogP) is 3.37. The second kappa shape index (κ2) is 4.73. The molecule has 94 valence electrons. The number of nitrogens with zero attached hydrogens (tertiary/aromatic N) is 1. The van der Waals surface area contributed by atoms with Crippen LogP contribution in [0.1, 0.15) is 16.8 Å². The van der Waals surface area contributed by atoms with Crippen molar-refractivity contribution >= 4 is 10.9 Å². The first-order valence-corrected chi connectivity index (χ1v) is 6.40. The normalized spacial score (nSPS) is 10.8. The Morgan fingerprint density at radius 2 is 1.63 bits per heavy atom. The van der Waals surface area contributed by atoms with Gasteiger partial charge < -0.3 is 5.21 Å². The molecule has 0 aliphatic carbocycles. The molecule has 1 heterocycles. The zero-order valence-corrected chi connectivity index (χ0v) is 10.8. The molecule has 2 aromatic carbocycles. The highest BCUT2D eigenvalue weighted by Crippen LogP contribution is 2.20. The second-order valence-corrected chi connectivity index (χ2v) is 4.78. The first kappa shape index (κ1) is 11.7. The second-order valence-electron chi connectivity index (χ2n) is 4.78. The van der Waals surface area contributed by atoms with Crippen molar-refractivity contribution in [2.24, 2.45) is 0 Å². The van der Waals surface area contributed by atoms with E-state index in [1.807, 2.05) is 55.5 Å². The molecule has 0 atom stereocenters. The van der Waals surface area contributed by atoms with E-state index in [0.717, 1.165) is 27.7 Å². The fourth-order valence-corrected chi connectivity index (χ4v) is 2.46. The predicted molar refractivity (Wildman–Crippen MR) is 76.9 cm³/mol. The molecule has 0 radical (unpaired) electrons. The summed E-state index contributed by atoms with van der Waals surface area (Å²) in [5, 5.41) is 13.1. The van der Waals surface area contributed by atoms with E-state index in [1.54, 1.807) is 0 Å². The largest absolute Gasteiger partial charge is 0.618 e. The molecule has 0 unspecified atom stereocenters. The molecule has 0 fully saturated rings. The van der Waals surface area contributed by atoms with Crippen molar-refractivity contribution in [3.63, 3.8) is 0 Å². The van der Waals surface area contributed by atoms with Crippen molar-refractivity contribution < 1.29 is 4.73 Å². The van der Waals surface area contributed by atoms with Gasteiger partial charge in [0, 0.05) is 19.1 Å². The SMILES string of the molecule is Cc1cc(Cc2ccccc2)c2ccccc2[n+]1[O-]. The molecule has 0 amide bonds. The number of aromatic nitrogens is 1. The van der Waals surface area contributed by atoms with Gasteiger partial charge in [-0.15, -0.1) is 0 Å². The van der Waals surface area contributed by atoms with Gasteiger partial charge in [-0.1, -0.05) is 42.5 Å². The molecule has 0 aliphatic heterocycles. The van der Waals surface area contributed by atoms with Crippen LogP contribution in [0, 0.1) is 12.1 Å². The van der Waals surface area contributed by atoms with E-state index >= 15 is 0 Å². The maximum Gasteiger partial charge on any atom is 0.224 e. The Kier molecular flexibility index (Phi) is 2.92. The van der Waals surface area contributed by atoms with E-state index in [2.05, 4.69) is 12.1 Å². The molecule has 0 saturated heterocycles. The van der Waals surface area contributed by atoms with Crippen LogP contribution < -0.4 is 4.73 Å². The van der Waals surface area contributed by atoms with Crippen LogP contribution in [0.4, 0.5) is 0 Å². The first-order chi connectivity index (χ1) is 9.25. The Bertz CT molecular complexity index is 720. The van der Waals surface area contributed by atoms with E-state index in [4.69, 9.17) is 0 Å². The topological polar surface area (TPSA) is 26.9 Å². The van der Waals surface area contributed by atoms with Gasteiger partial charge in [-0.05, 0) is 23.6 Å². The number of pyridine rings is 1. The maximum atomic E-state index is 12.0. The summed E-state index contributed by atoms with van der Waals surface area (Å²) in [5.74, 6) is 0. The highest BCUT2D eigenvalue weighted by molar-refractivity contribution is 5.80. The molecular weight excluding hydrogens is 234 g/mol. The zero-order chi connectivity index (χ0) is 13.2. The number of fused-ring (bicyclic) bond motifs is 1. The van der Waals surface area contributed by atoms with Crippen LogP contribution in [0.5, 0.6) is 0 Å². The standard InChI is InChI=1S/C17H15NO/c1-13-11-15(12-14-7-3-2-4-8-14)16-9-5-6-10-17(16)18(13)19/h2-11H,12H2,1H3. The van der Waals surface area contributed by atoms with Gasteiger partial charge in [-0.25, -0.2) is 0 Å². The number of benzene rings is 2. The van der Waals surface area contributed by atoms with Gasteiger partial charge in [0.2, 0.25) is 5.52 Å². The Morgan fingerprint density at radius 3 is 2.42 bits per heavy atom. The Balaban J connectivity index is 2.16. The molecule has 2 heteroatoms. The van der Waals surface area contributed by atoms with Crippen molar-refractivity contribution in [3.05, 3.63) is 82.7 Å². The lowest BCUT2D eigenvalue weighted by atomic mass is 10.0. The van der Waals surface area contributed by atoms with Crippen molar-refractivity contribution in [1.29, 1.82) is 0 Å². The lowest BCUT2D eigenvalue weighted by Crippen LogP contribution is -2.31. The minimum Gasteiger partial charge on any atom is -0.618 e. The van der Waals surface area contributed by atoms with E-state index in [1.165, 1.54) is 11.1 Å². The number of aryl methyl sites for hydroxylation is 1. The van der Waals surface area contributed by atoms with Crippen LogP contribution in [0.25, 0.3) is 10.9 Å². The summed E-state index contributed by atoms with van der Waals surface area (Å²) in [4.78, 5) is 0. The summed E-state index contributed by atoms with van der Waals surface area (Å²) < 4.78 is 1.00. The minimum atomic E-state index is 0.740. The fourth-order valence-electron chi connectivity index (χ4n) is 2.46. The van der Waals surface area contributed by atoms with Gasteiger partial charge in [-0.3, -0.25) is 0 Å². The Hall–Kier alpha value is -2.35. The quantitative estimate of drug-likeness (QED) is 0.505. The molecule has 0 aliphatic rings. The third-order valence-electron chi connectivity index (χ3n) is 3.41. The first-order valence-electron chi connectivity index (χ1n) is 6.40. The molecule has 0 spiro atoms. The molecule has 2 nitrogen and oxygen atoms in total. The van der Waals surface area contributed by atoms with E-state index < -0.39 is 0 Å². The van der Waals surface area contributed by atoms with Crippen LogP contribution in [-0.2, 0) is 6.42 Å². The summed E-state index contributed by atoms with van der Waals surface area (Å²) in [5.41, 5.74) is 3.94. The Labute approximate surface area is 112 Å². The molecule has 19 heavy (non-hydrogen) atoms. The van der Waals surface area contributed by atoms with Gasteiger partial charge in [0.05, 0.1) is 5.39 Å². The van der Waals surface area contributed by atoms with Crippen LogP contribution >= 0.6 is 0 Å². The van der Waals surface area contributed by atoms with Gasteiger partial charge in [0.25, 0.3) is 0 Å². The van der Waals surface area contributed by atoms with Crippen molar-refractivity contribution in [2.75, 3.05) is 0 Å².